The van der Waals surface area contributed by atoms with Crippen molar-refractivity contribution in [3.8, 4) is 0 Å². The van der Waals surface area contributed by atoms with Crippen LogP contribution in [0.3, 0.4) is 0 Å². The van der Waals surface area contributed by atoms with Crippen LogP contribution in [0, 0.1) is 17.5 Å². The lowest BCUT2D eigenvalue weighted by Crippen LogP contribution is -2.41. The van der Waals surface area contributed by atoms with Crippen molar-refractivity contribution in [3.63, 3.8) is 0 Å². The topological polar surface area (TPSA) is 101 Å². The lowest BCUT2D eigenvalue weighted by Gasteiger charge is -2.26. The highest BCUT2D eigenvalue weighted by atomic mass is 32.2. The van der Waals surface area contributed by atoms with Crippen LogP contribution in [-0.2, 0) is 11.0 Å². The van der Waals surface area contributed by atoms with Crippen molar-refractivity contribution < 1.29 is 22.2 Å². The number of nitrogens with zero attached hydrogens (tertiary/aromatic N) is 3. The number of halogens is 3. The number of aromatic nitrogens is 1. The molecule has 1 amide bonds. The molecule has 2 unspecified atom stereocenters. The van der Waals surface area contributed by atoms with Crippen LogP contribution in [0.5, 0.6) is 0 Å². The third-order valence-electron chi connectivity index (χ3n) is 3.85. The van der Waals surface area contributed by atoms with E-state index in [4.69, 9.17) is 5.73 Å². The first-order valence-corrected chi connectivity index (χ1v) is 10.3. The smallest absolute Gasteiger partial charge is 0.277 e. The lowest BCUT2D eigenvalue weighted by molar-refractivity contribution is 0.101. The number of hydrogen-bond acceptors (Lipinski definition) is 5. The average Bonchev–Trinajstić information content (AvgIpc) is 2.67. The maximum atomic E-state index is 14.2. The fourth-order valence-corrected chi connectivity index (χ4v) is 3.44. The monoisotopic (exact) mass is 441 g/mol. The number of benzene rings is 1. The van der Waals surface area contributed by atoms with Gasteiger partial charge in [0.15, 0.2) is 11.5 Å². The second-order valence-corrected chi connectivity index (χ2v) is 7.89. The molecule has 11 heteroatoms. The summed E-state index contributed by atoms with van der Waals surface area (Å²) in [6.07, 6.45) is 1.96. The van der Waals surface area contributed by atoms with E-state index in [1.165, 1.54) is 29.9 Å². The van der Waals surface area contributed by atoms with Gasteiger partial charge in [-0.15, -0.1) is 0 Å². The van der Waals surface area contributed by atoms with Gasteiger partial charge in [0.2, 0.25) is 5.96 Å². The quantitative estimate of drug-likeness (QED) is 0.764. The molecular weight excluding hydrogens is 419 g/mol. The molecule has 0 saturated heterocycles. The van der Waals surface area contributed by atoms with Crippen molar-refractivity contribution in [2.45, 2.75) is 26.3 Å². The Hall–Kier alpha value is -2.95. The molecule has 3 rings (SSSR count). The zero-order valence-electron chi connectivity index (χ0n) is 16.7. The van der Waals surface area contributed by atoms with E-state index in [1.807, 2.05) is 0 Å². The lowest BCUT2D eigenvalue weighted by atomic mass is 10.1. The van der Waals surface area contributed by atoms with Crippen molar-refractivity contribution >= 4 is 28.5 Å². The normalized spacial score (nSPS) is 18.2. The Morgan fingerprint density at radius 1 is 1.27 bits per heavy atom. The number of guanidine groups is 1. The number of aliphatic imine (C=N–C) groups is 1. The van der Waals surface area contributed by atoms with E-state index in [-0.39, 0.29) is 23.0 Å². The van der Waals surface area contributed by atoms with Crippen LogP contribution >= 0.6 is 0 Å². The van der Waals surface area contributed by atoms with Gasteiger partial charge in [0.05, 0.1) is 18.0 Å². The summed E-state index contributed by atoms with van der Waals surface area (Å²) in [5.74, 6) is -3.59. The van der Waals surface area contributed by atoms with Gasteiger partial charge in [0.25, 0.3) is 5.91 Å². The zero-order valence-corrected chi connectivity index (χ0v) is 17.5. The summed E-state index contributed by atoms with van der Waals surface area (Å²) < 4.78 is 54.1. The predicted molar refractivity (Wildman–Crippen MR) is 110 cm³/mol. The molecule has 2 atom stereocenters. The molecule has 1 aromatic carbocycles. The van der Waals surface area contributed by atoms with Crippen LogP contribution in [0.1, 0.15) is 42.4 Å². The Labute approximate surface area is 174 Å². The van der Waals surface area contributed by atoms with Crippen molar-refractivity contribution in [2.24, 2.45) is 10.7 Å². The highest BCUT2D eigenvalue weighted by Gasteiger charge is 2.27. The van der Waals surface area contributed by atoms with Gasteiger partial charge in [-0.1, -0.05) is 20.3 Å². The Kier molecular flexibility index (Phi) is 7.93. The molecule has 162 valence electrons. The van der Waals surface area contributed by atoms with E-state index >= 15 is 0 Å². The number of anilines is 1. The maximum absolute atomic E-state index is 14.2. The Morgan fingerprint density at radius 3 is 2.53 bits per heavy atom. The summed E-state index contributed by atoms with van der Waals surface area (Å²) in [4.78, 5) is 19.7. The molecule has 2 aromatic rings. The van der Waals surface area contributed by atoms with E-state index in [0.717, 1.165) is 6.07 Å². The molecule has 1 aromatic heterocycles. The van der Waals surface area contributed by atoms with E-state index < -0.39 is 46.1 Å². The summed E-state index contributed by atoms with van der Waals surface area (Å²) in [5.41, 5.74) is 5.29. The molecule has 30 heavy (non-hydrogen) atoms. The first-order valence-electron chi connectivity index (χ1n) is 9.05. The number of carbonyl (C=O) groups excluding carboxylic acids is 1. The van der Waals surface area contributed by atoms with E-state index in [1.54, 1.807) is 0 Å². The molecule has 7 nitrogen and oxygen atoms in total. The minimum absolute atomic E-state index is 0.00370. The predicted octanol–water partition coefficient (Wildman–Crippen LogP) is 3.13. The van der Waals surface area contributed by atoms with Crippen molar-refractivity contribution in [3.05, 3.63) is 59.2 Å². The van der Waals surface area contributed by atoms with E-state index in [0.29, 0.717) is 12.3 Å². The number of carbonyl (C=O) groups is 1. The molecule has 1 aliphatic rings. The number of amides is 1. The van der Waals surface area contributed by atoms with Gasteiger partial charge in [0.1, 0.15) is 22.6 Å². The van der Waals surface area contributed by atoms with Gasteiger partial charge in [0, 0.05) is 24.4 Å². The van der Waals surface area contributed by atoms with E-state index in [9.17, 15) is 22.2 Å². The van der Waals surface area contributed by atoms with Gasteiger partial charge in [-0.05, 0) is 18.2 Å². The van der Waals surface area contributed by atoms with Crippen LogP contribution < -0.4 is 11.1 Å². The standard InChI is InChI=1S/C16H14F3N5O2S.C3H8/c1-24-16(20)23-13(7-27(24)26)10-5-9(2-3-11(10)18)22-15(25)14-12(19)4-8(17)6-21-14;1-3-2/h2-6,13H,7H2,1H3,(H2,20,23)(H,22,25);3H2,1-2H3. The van der Waals surface area contributed by atoms with Gasteiger partial charge in [-0.25, -0.2) is 27.4 Å². The minimum Gasteiger partial charge on any atom is -0.369 e. The molecule has 0 aliphatic carbocycles. The Bertz CT molecular complexity index is 987. The second kappa shape index (κ2) is 10.2. The molecule has 0 fully saturated rings. The number of pyridine rings is 1. The summed E-state index contributed by atoms with van der Waals surface area (Å²) in [7, 11) is 0.0245. The number of nitrogens with one attached hydrogen (secondary N) is 1. The van der Waals surface area contributed by atoms with Crippen LogP contribution in [-0.4, -0.2) is 38.2 Å². The van der Waals surface area contributed by atoms with Gasteiger partial charge >= 0.3 is 0 Å². The summed E-state index contributed by atoms with van der Waals surface area (Å²) in [6, 6.07) is 3.37. The number of hydrogen-bond donors (Lipinski definition) is 2. The van der Waals surface area contributed by atoms with Crippen LogP contribution in [0.25, 0.3) is 0 Å². The van der Waals surface area contributed by atoms with Crippen LogP contribution in [0.15, 0.2) is 35.5 Å². The maximum Gasteiger partial charge on any atom is 0.277 e. The third-order valence-corrected chi connectivity index (χ3v) is 5.25. The molecule has 0 spiro atoms. The number of rotatable bonds is 3. The fourth-order valence-electron chi connectivity index (χ4n) is 2.44. The van der Waals surface area contributed by atoms with Gasteiger partial charge in [-0.3, -0.25) is 9.10 Å². The molecule has 0 bridgehead atoms. The minimum atomic E-state index is -1.48. The molecule has 1 aliphatic heterocycles. The largest absolute Gasteiger partial charge is 0.369 e. The third kappa shape index (κ3) is 5.56. The Balaban J connectivity index is 0.00000101. The van der Waals surface area contributed by atoms with E-state index in [2.05, 4.69) is 29.1 Å². The molecular formula is C19H22F3N5O2S. The first kappa shape index (κ1) is 23.3. The SMILES string of the molecule is CCC.CN1C(N)=NC(c2cc(NC(=O)c3ncc(F)cc3F)ccc2F)CS1=O. The first-order chi connectivity index (χ1) is 14.2. The average molecular weight is 441 g/mol. The molecule has 2 heterocycles. The summed E-state index contributed by atoms with van der Waals surface area (Å²) >= 11 is 0. The van der Waals surface area contributed by atoms with Crippen LogP contribution in [0.2, 0.25) is 0 Å². The van der Waals surface area contributed by atoms with Gasteiger partial charge < -0.3 is 11.1 Å². The zero-order chi connectivity index (χ0) is 22.4. The van der Waals surface area contributed by atoms with Crippen molar-refractivity contribution in [1.29, 1.82) is 0 Å². The molecule has 3 N–H and O–H groups in total. The highest BCUT2D eigenvalue weighted by Crippen LogP contribution is 2.28. The number of nitrogens with two attached hydrogens (primary N) is 1. The van der Waals surface area contributed by atoms with Crippen molar-refractivity contribution in [1.82, 2.24) is 9.29 Å². The second-order valence-electron chi connectivity index (χ2n) is 6.37. The Morgan fingerprint density at radius 2 is 1.93 bits per heavy atom. The molecule has 0 radical (unpaired) electrons. The van der Waals surface area contributed by atoms with Gasteiger partial charge in [-0.2, -0.15) is 0 Å². The fraction of sp³-hybridized carbons (Fsp3) is 0.316. The highest BCUT2D eigenvalue weighted by molar-refractivity contribution is 7.83. The summed E-state index contributed by atoms with van der Waals surface area (Å²) in [5, 5.41) is 2.36. The van der Waals surface area contributed by atoms with Crippen LogP contribution in [0.4, 0.5) is 18.9 Å². The van der Waals surface area contributed by atoms with Crippen molar-refractivity contribution in [2.75, 3.05) is 18.1 Å². The molecule has 0 saturated carbocycles. The summed E-state index contributed by atoms with van der Waals surface area (Å²) in [6.45, 7) is 4.25.